The smallest absolute Gasteiger partial charge is 0.287 e. The standard InChI is InChI=1S/C12H20N4O2/c1-8(2)11-4-3-5-16(11)7-9-6-10(15-18-9)12(17)14-13/h6,8,11H,3-5,7,13H2,1-2H3,(H,14,17). The van der Waals surface area contributed by atoms with Gasteiger partial charge in [-0.3, -0.25) is 15.1 Å². The highest BCUT2D eigenvalue weighted by atomic mass is 16.5. The van der Waals surface area contributed by atoms with Crippen molar-refractivity contribution in [1.82, 2.24) is 15.5 Å². The van der Waals surface area contributed by atoms with Crippen LogP contribution in [0.1, 0.15) is 42.9 Å². The Morgan fingerprint density at radius 3 is 3.17 bits per heavy atom. The minimum Gasteiger partial charge on any atom is -0.359 e. The van der Waals surface area contributed by atoms with E-state index in [9.17, 15) is 4.79 Å². The maximum Gasteiger partial charge on any atom is 0.287 e. The third-order valence-electron chi connectivity index (χ3n) is 3.47. The molecule has 2 heterocycles. The first-order chi connectivity index (χ1) is 8.61. The SMILES string of the molecule is CC(C)C1CCCN1Cc1cc(C(=O)NN)no1. The van der Waals surface area contributed by atoms with Gasteiger partial charge in [0.15, 0.2) is 11.5 Å². The molecule has 1 aromatic heterocycles. The Hall–Kier alpha value is -1.40. The molecule has 0 radical (unpaired) electrons. The molecule has 6 nitrogen and oxygen atoms in total. The predicted molar refractivity (Wildman–Crippen MR) is 66.4 cm³/mol. The van der Waals surface area contributed by atoms with Crippen LogP contribution < -0.4 is 11.3 Å². The lowest BCUT2D eigenvalue weighted by molar-refractivity contribution is 0.0944. The van der Waals surface area contributed by atoms with Gasteiger partial charge >= 0.3 is 0 Å². The van der Waals surface area contributed by atoms with Crippen molar-refractivity contribution in [2.75, 3.05) is 6.54 Å². The van der Waals surface area contributed by atoms with E-state index in [1.54, 1.807) is 6.07 Å². The van der Waals surface area contributed by atoms with Crippen LogP contribution in [0.3, 0.4) is 0 Å². The van der Waals surface area contributed by atoms with E-state index in [4.69, 9.17) is 10.4 Å². The van der Waals surface area contributed by atoms with Crippen molar-refractivity contribution in [2.24, 2.45) is 11.8 Å². The fraction of sp³-hybridized carbons (Fsp3) is 0.667. The summed E-state index contributed by atoms with van der Waals surface area (Å²) in [5, 5.41) is 3.71. The second kappa shape index (κ2) is 5.49. The molecule has 1 atom stereocenters. The van der Waals surface area contributed by atoms with Gasteiger partial charge in [-0.25, -0.2) is 5.84 Å². The number of hydrogen-bond donors (Lipinski definition) is 2. The van der Waals surface area contributed by atoms with Gasteiger partial charge < -0.3 is 4.52 Å². The average molecular weight is 252 g/mol. The highest BCUT2D eigenvalue weighted by molar-refractivity contribution is 5.91. The maximum absolute atomic E-state index is 11.3. The van der Waals surface area contributed by atoms with Gasteiger partial charge in [-0.2, -0.15) is 0 Å². The van der Waals surface area contributed by atoms with Crippen LogP contribution in [0.2, 0.25) is 0 Å². The fourth-order valence-corrected chi connectivity index (χ4v) is 2.57. The molecule has 1 aliphatic rings. The second-order valence-electron chi connectivity index (χ2n) is 5.08. The largest absolute Gasteiger partial charge is 0.359 e. The number of carbonyl (C=O) groups is 1. The number of amides is 1. The zero-order chi connectivity index (χ0) is 13.1. The van der Waals surface area contributed by atoms with Crippen molar-refractivity contribution in [3.8, 4) is 0 Å². The monoisotopic (exact) mass is 252 g/mol. The molecule has 1 amide bonds. The average Bonchev–Trinajstić information content (AvgIpc) is 2.97. The van der Waals surface area contributed by atoms with Gasteiger partial charge in [0.2, 0.25) is 0 Å². The number of likely N-dealkylation sites (tertiary alicyclic amines) is 1. The van der Waals surface area contributed by atoms with Crippen molar-refractivity contribution in [3.05, 3.63) is 17.5 Å². The Morgan fingerprint density at radius 2 is 2.50 bits per heavy atom. The maximum atomic E-state index is 11.3. The lowest BCUT2D eigenvalue weighted by Crippen LogP contribution is -2.32. The van der Waals surface area contributed by atoms with Gasteiger partial charge in [0.1, 0.15) is 0 Å². The predicted octanol–water partition coefficient (Wildman–Crippen LogP) is 0.899. The van der Waals surface area contributed by atoms with Crippen LogP contribution in [-0.4, -0.2) is 28.6 Å². The summed E-state index contributed by atoms with van der Waals surface area (Å²) >= 11 is 0. The molecule has 1 aliphatic heterocycles. The molecular formula is C12H20N4O2. The van der Waals surface area contributed by atoms with Crippen LogP contribution in [0.25, 0.3) is 0 Å². The zero-order valence-electron chi connectivity index (χ0n) is 10.8. The third-order valence-corrected chi connectivity index (χ3v) is 3.47. The van der Waals surface area contributed by atoms with E-state index in [0.29, 0.717) is 24.3 Å². The first-order valence-electron chi connectivity index (χ1n) is 6.32. The highest BCUT2D eigenvalue weighted by Crippen LogP contribution is 2.25. The number of aromatic nitrogens is 1. The third kappa shape index (κ3) is 2.70. The van der Waals surface area contributed by atoms with Crippen molar-refractivity contribution in [1.29, 1.82) is 0 Å². The van der Waals surface area contributed by atoms with Crippen molar-refractivity contribution >= 4 is 5.91 Å². The van der Waals surface area contributed by atoms with E-state index in [2.05, 4.69) is 23.9 Å². The summed E-state index contributed by atoms with van der Waals surface area (Å²) in [7, 11) is 0. The topological polar surface area (TPSA) is 84.4 Å². The molecule has 0 bridgehead atoms. The van der Waals surface area contributed by atoms with Crippen LogP contribution in [-0.2, 0) is 6.54 Å². The first kappa shape index (κ1) is 13.0. The fourth-order valence-electron chi connectivity index (χ4n) is 2.57. The summed E-state index contributed by atoms with van der Waals surface area (Å²) in [5.74, 6) is 5.96. The Labute approximate surface area is 106 Å². The van der Waals surface area contributed by atoms with E-state index in [1.807, 2.05) is 5.43 Å². The lowest BCUT2D eigenvalue weighted by Gasteiger charge is -2.26. The molecule has 18 heavy (non-hydrogen) atoms. The summed E-state index contributed by atoms with van der Waals surface area (Å²) in [6.07, 6.45) is 2.44. The molecule has 0 aliphatic carbocycles. The van der Waals surface area contributed by atoms with E-state index in [-0.39, 0.29) is 5.69 Å². The minimum absolute atomic E-state index is 0.229. The van der Waals surface area contributed by atoms with Gasteiger partial charge in [-0.1, -0.05) is 19.0 Å². The number of hydrazine groups is 1. The van der Waals surface area contributed by atoms with Crippen LogP contribution in [0, 0.1) is 5.92 Å². The molecule has 2 rings (SSSR count). The number of rotatable bonds is 4. The minimum atomic E-state index is -0.424. The van der Waals surface area contributed by atoms with Crippen LogP contribution in [0.4, 0.5) is 0 Å². The van der Waals surface area contributed by atoms with E-state index in [0.717, 1.165) is 6.54 Å². The summed E-state index contributed by atoms with van der Waals surface area (Å²) in [6, 6.07) is 2.24. The molecule has 1 saturated heterocycles. The number of carbonyl (C=O) groups excluding carboxylic acids is 1. The molecule has 1 unspecified atom stereocenters. The molecule has 3 N–H and O–H groups in total. The molecular weight excluding hydrogens is 232 g/mol. The van der Waals surface area contributed by atoms with E-state index < -0.39 is 5.91 Å². The van der Waals surface area contributed by atoms with Crippen LogP contribution in [0.5, 0.6) is 0 Å². The Kier molecular flexibility index (Phi) is 3.98. The highest BCUT2D eigenvalue weighted by Gasteiger charge is 2.28. The number of nitrogens with two attached hydrogens (primary N) is 1. The van der Waals surface area contributed by atoms with Crippen molar-refractivity contribution < 1.29 is 9.32 Å². The number of nitrogens with one attached hydrogen (secondary N) is 1. The van der Waals surface area contributed by atoms with Gasteiger partial charge in [0, 0.05) is 12.1 Å². The number of nitrogen functional groups attached to an aromatic ring is 1. The molecule has 1 fully saturated rings. The molecule has 100 valence electrons. The van der Waals surface area contributed by atoms with Gasteiger partial charge in [-0.05, 0) is 25.3 Å². The summed E-state index contributed by atoms with van der Waals surface area (Å²) in [6.45, 7) is 6.24. The van der Waals surface area contributed by atoms with Gasteiger partial charge in [0.25, 0.3) is 5.91 Å². The summed E-state index contributed by atoms with van der Waals surface area (Å²) < 4.78 is 5.17. The number of nitrogens with zero attached hydrogens (tertiary/aromatic N) is 2. The molecule has 1 aromatic rings. The van der Waals surface area contributed by atoms with Crippen molar-refractivity contribution in [3.63, 3.8) is 0 Å². The Bertz CT molecular complexity index is 416. The van der Waals surface area contributed by atoms with Gasteiger partial charge in [0.05, 0.1) is 6.54 Å². The summed E-state index contributed by atoms with van der Waals surface area (Å²) in [5.41, 5.74) is 2.27. The van der Waals surface area contributed by atoms with Crippen LogP contribution >= 0.6 is 0 Å². The van der Waals surface area contributed by atoms with Crippen molar-refractivity contribution in [2.45, 2.75) is 39.3 Å². The lowest BCUT2D eigenvalue weighted by atomic mass is 10.0. The normalized spacial score (nSPS) is 20.6. The first-order valence-corrected chi connectivity index (χ1v) is 6.32. The quantitative estimate of drug-likeness (QED) is 0.472. The van der Waals surface area contributed by atoms with E-state index >= 15 is 0 Å². The molecule has 0 saturated carbocycles. The van der Waals surface area contributed by atoms with Gasteiger partial charge in [-0.15, -0.1) is 0 Å². The molecule has 0 aromatic carbocycles. The Balaban J connectivity index is 2.01. The van der Waals surface area contributed by atoms with Crippen LogP contribution in [0.15, 0.2) is 10.6 Å². The Morgan fingerprint density at radius 1 is 1.72 bits per heavy atom. The molecule has 6 heteroatoms. The summed E-state index contributed by atoms with van der Waals surface area (Å²) in [4.78, 5) is 13.6. The zero-order valence-corrected chi connectivity index (χ0v) is 10.8. The number of hydrogen-bond acceptors (Lipinski definition) is 5. The second-order valence-corrected chi connectivity index (χ2v) is 5.08. The van der Waals surface area contributed by atoms with E-state index in [1.165, 1.54) is 12.8 Å². The molecule has 0 spiro atoms.